The summed E-state index contributed by atoms with van der Waals surface area (Å²) in [5, 5.41) is 6.27. The van der Waals surface area contributed by atoms with E-state index >= 15 is 0 Å². The van der Waals surface area contributed by atoms with Crippen molar-refractivity contribution in [1.29, 1.82) is 0 Å². The van der Waals surface area contributed by atoms with Gasteiger partial charge >= 0.3 is 6.09 Å². The molecule has 0 spiro atoms. The third-order valence-electron chi connectivity index (χ3n) is 2.43. The highest BCUT2D eigenvalue weighted by atomic mass is 16.6. The lowest BCUT2D eigenvalue weighted by atomic mass is 10.2. The molecule has 0 aromatic heterocycles. The van der Waals surface area contributed by atoms with Crippen LogP contribution in [0.15, 0.2) is 0 Å². The van der Waals surface area contributed by atoms with Crippen molar-refractivity contribution in [2.45, 2.75) is 64.6 Å². The molecule has 2 N–H and O–H groups in total. The maximum absolute atomic E-state index is 11.4. The van der Waals surface area contributed by atoms with Crippen molar-refractivity contribution in [3.05, 3.63) is 0 Å². The highest BCUT2D eigenvalue weighted by Gasteiger charge is 2.38. The molecule has 16 heavy (non-hydrogen) atoms. The van der Waals surface area contributed by atoms with Gasteiger partial charge in [0.2, 0.25) is 0 Å². The fraction of sp³-hybridized carbons (Fsp3) is 0.917. The lowest BCUT2D eigenvalue weighted by molar-refractivity contribution is 0.0522. The molecule has 1 aliphatic rings. The maximum atomic E-state index is 11.4. The average molecular weight is 228 g/mol. The molecule has 0 heterocycles. The molecule has 0 aromatic rings. The number of unbranched alkanes of at least 4 members (excludes halogenated alkanes) is 1. The van der Waals surface area contributed by atoms with Crippen molar-refractivity contribution in [2.75, 3.05) is 6.54 Å². The zero-order valence-corrected chi connectivity index (χ0v) is 10.8. The number of carbonyl (C=O) groups excluding carboxylic acids is 1. The lowest BCUT2D eigenvalue weighted by Crippen LogP contribution is -2.36. The van der Waals surface area contributed by atoms with Gasteiger partial charge in [-0.1, -0.05) is 13.3 Å². The summed E-state index contributed by atoms with van der Waals surface area (Å²) in [5.74, 6) is 0. The first-order valence-corrected chi connectivity index (χ1v) is 6.15. The molecule has 1 saturated carbocycles. The van der Waals surface area contributed by atoms with Crippen LogP contribution in [-0.4, -0.2) is 30.3 Å². The summed E-state index contributed by atoms with van der Waals surface area (Å²) in [6.07, 6.45) is 3.10. The number of alkyl carbamates (subject to hydrolysis) is 1. The van der Waals surface area contributed by atoms with Crippen molar-refractivity contribution in [2.24, 2.45) is 0 Å². The molecule has 0 aliphatic heterocycles. The van der Waals surface area contributed by atoms with Gasteiger partial charge in [0.1, 0.15) is 5.60 Å². The van der Waals surface area contributed by atoms with E-state index < -0.39 is 5.60 Å². The van der Waals surface area contributed by atoms with E-state index in [1.54, 1.807) is 0 Å². The number of hydrogen-bond donors (Lipinski definition) is 2. The second kappa shape index (κ2) is 5.53. The lowest BCUT2D eigenvalue weighted by Gasteiger charge is -2.19. The minimum Gasteiger partial charge on any atom is -0.444 e. The van der Waals surface area contributed by atoms with E-state index in [2.05, 4.69) is 17.6 Å². The first-order chi connectivity index (χ1) is 7.42. The minimum atomic E-state index is -0.413. The van der Waals surface area contributed by atoms with Crippen LogP contribution in [0.25, 0.3) is 0 Å². The molecule has 1 aliphatic carbocycles. The molecule has 1 rings (SSSR count). The topological polar surface area (TPSA) is 50.4 Å². The summed E-state index contributed by atoms with van der Waals surface area (Å²) in [6, 6.07) is 0.700. The molecule has 94 valence electrons. The summed E-state index contributed by atoms with van der Waals surface area (Å²) >= 11 is 0. The van der Waals surface area contributed by atoms with E-state index in [-0.39, 0.29) is 12.1 Å². The molecule has 0 radical (unpaired) electrons. The van der Waals surface area contributed by atoms with Gasteiger partial charge in [-0.2, -0.15) is 0 Å². The molecule has 1 fully saturated rings. The van der Waals surface area contributed by atoms with Crippen molar-refractivity contribution < 1.29 is 9.53 Å². The summed E-state index contributed by atoms with van der Waals surface area (Å²) in [5.41, 5.74) is -0.413. The second-order valence-corrected chi connectivity index (χ2v) is 5.40. The fourth-order valence-electron chi connectivity index (χ4n) is 1.50. The van der Waals surface area contributed by atoms with Crippen LogP contribution in [0.2, 0.25) is 0 Å². The zero-order valence-electron chi connectivity index (χ0n) is 10.8. The molecule has 0 aromatic carbocycles. The van der Waals surface area contributed by atoms with Gasteiger partial charge < -0.3 is 15.4 Å². The highest BCUT2D eigenvalue weighted by Crippen LogP contribution is 2.21. The van der Waals surface area contributed by atoms with E-state index in [9.17, 15) is 4.79 Å². The van der Waals surface area contributed by atoms with E-state index in [1.165, 1.54) is 12.8 Å². The molecule has 0 saturated heterocycles. The van der Waals surface area contributed by atoms with Crippen LogP contribution in [0.5, 0.6) is 0 Å². The monoisotopic (exact) mass is 228 g/mol. The van der Waals surface area contributed by atoms with Crippen LogP contribution in [0, 0.1) is 0 Å². The quantitative estimate of drug-likeness (QED) is 0.708. The number of rotatable bonds is 5. The summed E-state index contributed by atoms with van der Waals surface area (Å²) < 4.78 is 5.18. The predicted octanol–water partition coefficient (Wildman–Crippen LogP) is 2.04. The fourth-order valence-corrected chi connectivity index (χ4v) is 1.50. The van der Waals surface area contributed by atoms with Crippen LogP contribution in [0.3, 0.4) is 0 Å². The Bertz CT molecular complexity index is 236. The number of carbonyl (C=O) groups is 1. The normalized spacial score (nSPS) is 24.0. The van der Waals surface area contributed by atoms with Gasteiger partial charge in [0.15, 0.2) is 0 Å². The van der Waals surface area contributed by atoms with Crippen LogP contribution in [-0.2, 0) is 4.74 Å². The number of hydrogen-bond acceptors (Lipinski definition) is 3. The molecular formula is C12H24N2O2. The number of ether oxygens (including phenoxy) is 1. The Morgan fingerprint density at radius 1 is 1.38 bits per heavy atom. The number of amides is 1. The maximum Gasteiger partial charge on any atom is 0.407 e. The predicted molar refractivity (Wildman–Crippen MR) is 64.5 cm³/mol. The number of nitrogens with one attached hydrogen (secondary N) is 2. The van der Waals surface area contributed by atoms with Crippen LogP contribution in [0.4, 0.5) is 4.79 Å². The third-order valence-corrected chi connectivity index (χ3v) is 2.43. The summed E-state index contributed by atoms with van der Waals surface area (Å²) in [7, 11) is 0. The largest absolute Gasteiger partial charge is 0.444 e. The Labute approximate surface area is 98.1 Å². The molecule has 2 atom stereocenters. The summed E-state index contributed by atoms with van der Waals surface area (Å²) in [6.45, 7) is 8.82. The van der Waals surface area contributed by atoms with Gasteiger partial charge in [0, 0.05) is 12.1 Å². The van der Waals surface area contributed by atoms with Gasteiger partial charge in [-0.05, 0) is 40.2 Å². The van der Waals surface area contributed by atoms with E-state index in [0.29, 0.717) is 6.04 Å². The van der Waals surface area contributed by atoms with E-state index in [4.69, 9.17) is 4.74 Å². The second-order valence-electron chi connectivity index (χ2n) is 5.40. The third kappa shape index (κ3) is 5.35. The summed E-state index contributed by atoms with van der Waals surface area (Å²) in [4.78, 5) is 11.4. The van der Waals surface area contributed by atoms with Crippen molar-refractivity contribution >= 4 is 6.09 Å². The Morgan fingerprint density at radius 2 is 2.06 bits per heavy atom. The van der Waals surface area contributed by atoms with Gasteiger partial charge in [0.05, 0.1) is 0 Å². The molecule has 4 nitrogen and oxygen atoms in total. The Balaban J connectivity index is 2.09. The van der Waals surface area contributed by atoms with Crippen molar-refractivity contribution in [1.82, 2.24) is 10.6 Å². The Hall–Kier alpha value is -0.770. The first-order valence-electron chi connectivity index (χ1n) is 6.15. The van der Waals surface area contributed by atoms with Crippen LogP contribution >= 0.6 is 0 Å². The zero-order chi connectivity index (χ0) is 12.2. The first kappa shape index (κ1) is 13.3. The van der Waals surface area contributed by atoms with Gasteiger partial charge in [-0.15, -0.1) is 0 Å². The molecule has 0 bridgehead atoms. The molecule has 4 heteroatoms. The van der Waals surface area contributed by atoms with Gasteiger partial charge in [0.25, 0.3) is 0 Å². The van der Waals surface area contributed by atoms with Gasteiger partial charge in [-0.25, -0.2) is 4.79 Å². The van der Waals surface area contributed by atoms with Gasteiger partial charge in [-0.3, -0.25) is 0 Å². The standard InChI is InChI=1S/C12H24N2O2/c1-5-6-7-13-9-8-10(9)14-11(15)16-12(2,3)4/h9-10,13H,5-8H2,1-4H3,(H,14,15). The van der Waals surface area contributed by atoms with Crippen LogP contribution in [0.1, 0.15) is 47.0 Å². The van der Waals surface area contributed by atoms with E-state index in [0.717, 1.165) is 13.0 Å². The Kier molecular flexibility index (Phi) is 4.59. The van der Waals surface area contributed by atoms with Crippen LogP contribution < -0.4 is 10.6 Å². The smallest absolute Gasteiger partial charge is 0.407 e. The van der Waals surface area contributed by atoms with Crippen molar-refractivity contribution in [3.8, 4) is 0 Å². The van der Waals surface area contributed by atoms with Crippen molar-refractivity contribution in [3.63, 3.8) is 0 Å². The van der Waals surface area contributed by atoms with E-state index in [1.807, 2.05) is 20.8 Å². The molecule has 1 amide bonds. The molecular weight excluding hydrogens is 204 g/mol. The average Bonchev–Trinajstić information content (AvgIpc) is 2.80. The Morgan fingerprint density at radius 3 is 2.62 bits per heavy atom. The minimum absolute atomic E-state index is 0.256. The SMILES string of the molecule is CCCCNC1CC1NC(=O)OC(C)(C)C. The highest BCUT2D eigenvalue weighted by molar-refractivity contribution is 5.68. The molecule has 2 unspecified atom stereocenters.